The molecule has 0 aliphatic rings. The van der Waals surface area contributed by atoms with Crippen LogP contribution < -0.4 is 10.6 Å². The maximum Gasteiger partial charge on any atom is 0.411 e. The summed E-state index contributed by atoms with van der Waals surface area (Å²) in [5.74, 6) is -0.306. The molecule has 1 aromatic rings. The van der Waals surface area contributed by atoms with Crippen molar-refractivity contribution in [2.24, 2.45) is 0 Å². The van der Waals surface area contributed by atoms with Gasteiger partial charge in [0, 0.05) is 12.2 Å². The van der Waals surface area contributed by atoms with Gasteiger partial charge in [0.2, 0.25) is 5.91 Å². The molecule has 0 bridgehead atoms. The molecule has 0 aromatic heterocycles. The normalized spacial score (nSPS) is 11.1. The van der Waals surface area contributed by atoms with Crippen LogP contribution in [0, 0.1) is 0 Å². The molecule has 1 aromatic carbocycles. The molecular formula is C12H15F3N2O2. The predicted octanol–water partition coefficient (Wildman–Crippen LogP) is 1.79. The van der Waals surface area contributed by atoms with E-state index in [9.17, 15) is 18.0 Å². The fraction of sp³-hybridized carbons (Fsp3) is 0.417. The number of halogens is 3. The second-order valence-electron chi connectivity index (χ2n) is 3.74. The van der Waals surface area contributed by atoms with E-state index >= 15 is 0 Å². The molecule has 0 aliphatic carbocycles. The van der Waals surface area contributed by atoms with Gasteiger partial charge < -0.3 is 15.4 Å². The molecule has 106 valence electrons. The third kappa shape index (κ3) is 8.04. The maximum absolute atomic E-state index is 11.7. The Bertz CT molecular complexity index is 382. The van der Waals surface area contributed by atoms with Crippen LogP contribution in [0.3, 0.4) is 0 Å². The van der Waals surface area contributed by atoms with Crippen molar-refractivity contribution in [3.05, 3.63) is 30.3 Å². The van der Waals surface area contributed by atoms with Crippen molar-refractivity contribution < 1.29 is 22.7 Å². The van der Waals surface area contributed by atoms with E-state index in [1.807, 2.05) is 18.2 Å². The van der Waals surface area contributed by atoms with E-state index in [1.165, 1.54) is 0 Å². The van der Waals surface area contributed by atoms with Crippen LogP contribution in [0.1, 0.15) is 0 Å². The molecule has 0 spiro atoms. The van der Waals surface area contributed by atoms with Crippen molar-refractivity contribution in [1.82, 2.24) is 5.32 Å². The van der Waals surface area contributed by atoms with Gasteiger partial charge in [-0.2, -0.15) is 13.2 Å². The summed E-state index contributed by atoms with van der Waals surface area (Å²) in [6, 6.07) is 9.11. The van der Waals surface area contributed by atoms with Gasteiger partial charge in [0.25, 0.3) is 0 Å². The molecule has 0 fully saturated rings. The van der Waals surface area contributed by atoms with Crippen LogP contribution in [-0.2, 0) is 9.53 Å². The summed E-state index contributed by atoms with van der Waals surface area (Å²) in [4.78, 5) is 11.3. The second kappa shape index (κ2) is 7.63. The van der Waals surface area contributed by atoms with Crippen molar-refractivity contribution in [3.63, 3.8) is 0 Å². The number of amides is 1. The number of carbonyl (C=O) groups is 1. The zero-order valence-electron chi connectivity index (χ0n) is 10.2. The standard InChI is InChI=1S/C12H15F3N2O2/c13-12(14,15)9-19-7-6-16-11(18)8-17-10-4-2-1-3-5-10/h1-5,17H,6-9H2,(H,16,18). The quantitative estimate of drug-likeness (QED) is 0.747. The first kappa shape index (κ1) is 15.3. The molecule has 4 nitrogen and oxygen atoms in total. The molecule has 0 unspecified atom stereocenters. The van der Waals surface area contributed by atoms with Gasteiger partial charge in [0.15, 0.2) is 0 Å². The van der Waals surface area contributed by atoms with Gasteiger partial charge in [-0.05, 0) is 12.1 Å². The van der Waals surface area contributed by atoms with Gasteiger partial charge in [-0.25, -0.2) is 0 Å². The number of para-hydroxylation sites is 1. The maximum atomic E-state index is 11.7. The van der Waals surface area contributed by atoms with Crippen LogP contribution in [-0.4, -0.2) is 38.4 Å². The summed E-state index contributed by atoms with van der Waals surface area (Å²) in [6.07, 6.45) is -4.33. The van der Waals surface area contributed by atoms with Crippen molar-refractivity contribution in [1.29, 1.82) is 0 Å². The molecule has 0 heterocycles. The van der Waals surface area contributed by atoms with Gasteiger partial charge in [0.1, 0.15) is 6.61 Å². The molecule has 0 radical (unpaired) electrons. The van der Waals surface area contributed by atoms with E-state index in [-0.39, 0.29) is 25.6 Å². The van der Waals surface area contributed by atoms with E-state index in [2.05, 4.69) is 15.4 Å². The van der Waals surface area contributed by atoms with Crippen molar-refractivity contribution in [2.75, 3.05) is 31.6 Å². The number of benzene rings is 1. The summed E-state index contributed by atoms with van der Waals surface area (Å²) in [5, 5.41) is 5.32. The first-order valence-electron chi connectivity index (χ1n) is 5.67. The summed E-state index contributed by atoms with van der Waals surface area (Å²) in [5.41, 5.74) is 0.797. The van der Waals surface area contributed by atoms with Gasteiger partial charge in [-0.15, -0.1) is 0 Å². The Labute approximate surface area is 108 Å². The molecule has 0 saturated heterocycles. The van der Waals surface area contributed by atoms with Crippen LogP contribution in [0.15, 0.2) is 30.3 Å². The highest BCUT2D eigenvalue weighted by atomic mass is 19.4. The van der Waals surface area contributed by atoms with Crippen LogP contribution in [0.25, 0.3) is 0 Å². The van der Waals surface area contributed by atoms with Crippen LogP contribution >= 0.6 is 0 Å². The molecule has 1 rings (SSSR count). The Balaban J connectivity index is 2.06. The van der Waals surface area contributed by atoms with Crippen molar-refractivity contribution in [3.8, 4) is 0 Å². The average Bonchev–Trinajstić information content (AvgIpc) is 2.36. The topological polar surface area (TPSA) is 50.4 Å². The van der Waals surface area contributed by atoms with Crippen LogP contribution in [0.4, 0.5) is 18.9 Å². The van der Waals surface area contributed by atoms with E-state index in [0.29, 0.717) is 0 Å². The molecule has 1 amide bonds. The Morgan fingerprint density at radius 1 is 1.21 bits per heavy atom. The number of ether oxygens (including phenoxy) is 1. The lowest BCUT2D eigenvalue weighted by Gasteiger charge is -2.09. The number of anilines is 1. The predicted molar refractivity (Wildman–Crippen MR) is 64.8 cm³/mol. The molecule has 2 N–H and O–H groups in total. The number of carbonyl (C=O) groups excluding carboxylic acids is 1. The number of hydrogen-bond donors (Lipinski definition) is 2. The van der Waals surface area contributed by atoms with E-state index < -0.39 is 12.8 Å². The van der Waals surface area contributed by atoms with Crippen molar-refractivity contribution >= 4 is 11.6 Å². The number of rotatable bonds is 7. The highest BCUT2D eigenvalue weighted by Crippen LogP contribution is 2.13. The molecule has 0 saturated carbocycles. The fourth-order valence-corrected chi connectivity index (χ4v) is 1.25. The Kier molecular flexibility index (Phi) is 6.14. The number of hydrogen-bond acceptors (Lipinski definition) is 3. The smallest absolute Gasteiger partial charge is 0.376 e. The first-order chi connectivity index (χ1) is 8.97. The third-order valence-electron chi connectivity index (χ3n) is 2.06. The Morgan fingerprint density at radius 3 is 2.53 bits per heavy atom. The summed E-state index contributed by atoms with van der Waals surface area (Å²) >= 11 is 0. The molecular weight excluding hydrogens is 261 g/mol. The van der Waals surface area contributed by atoms with E-state index in [0.717, 1.165) is 5.69 Å². The molecule has 0 aliphatic heterocycles. The minimum absolute atomic E-state index is 0.0470. The fourth-order valence-electron chi connectivity index (χ4n) is 1.25. The minimum atomic E-state index is -4.33. The Morgan fingerprint density at radius 2 is 1.89 bits per heavy atom. The lowest BCUT2D eigenvalue weighted by atomic mass is 10.3. The zero-order chi connectivity index (χ0) is 14.1. The SMILES string of the molecule is O=C(CNc1ccccc1)NCCOCC(F)(F)F. The van der Waals surface area contributed by atoms with Crippen LogP contribution in [0.5, 0.6) is 0 Å². The zero-order valence-corrected chi connectivity index (χ0v) is 10.2. The molecule has 19 heavy (non-hydrogen) atoms. The largest absolute Gasteiger partial charge is 0.411 e. The minimum Gasteiger partial charge on any atom is -0.376 e. The molecule has 0 atom stereocenters. The van der Waals surface area contributed by atoms with E-state index in [1.54, 1.807) is 12.1 Å². The van der Waals surface area contributed by atoms with Crippen molar-refractivity contribution in [2.45, 2.75) is 6.18 Å². The van der Waals surface area contributed by atoms with Gasteiger partial charge in [-0.1, -0.05) is 18.2 Å². The van der Waals surface area contributed by atoms with Gasteiger partial charge in [0.05, 0.1) is 13.2 Å². The van der Waals surface area contributed by atoms with E-state index in [4.69, 9.17) is 0 Å². The first-order valence-corrected chi connectivity index (χ1v) is 5.67. The summed E-state index contributed by atoms with van der Waals surface area (Å²) in [6.45, 7) is -1.36. The highest BCUT2D eigenvalue weighted by Gasteiger charge is 2.27. The number of nitrogens with one attached hydrogen (secondary N) is 2. The van der Waals surface area contributed by atoms with Crippen LogP contribution in [0.2, 0.25) is 0 Å². The van der Waals surface area contributed by atoms with Gasteiger partial charge in [-0.3, -0.25) is 4.79 Å². The third-order valence-corrected chi connectivity index (χ3v) is 2.06. The summed E-state index contributed by atoms with van der Waals surface area (Å²) < 4.78 is 39.5. The lowest BCUT2D eigenvalue weighted by Crippen LogP contribution is -2.33. The summed E-state index contributed by atoms with van der Waals surface area (Å²) in [7, 11) is 0. The Hall–Kier alpha value is -1.76. The van der Waals surface area contributed by atoms with Gasteiger partial charge >= 0.3 is 6.18 Å². The second-order valence-corrected chi connectivity index (χ2v) is 3.74. The monoisotopic (exact) mass is 276 g/mol. The average molecular weight is 276 g/mol. The molecule has 7 heteroatoms. The highest BCUT2D eigenvalue weighted by molar-refractivity contribution is 5.80. The lowest BCUT2D eigenvalue weighted by molar-refractivity contribution is -0.173. The number of alkyl halides is 3.